The number of nitrogens with zero attached hydrogens (tertiary/aromatic N) is 1. The molecule has 0 spiro atoms. The Bertz CT molecular complexity index is 1150. The molecule has 17 nitrogen and oxygen atoms in total. The van der Waals surface area contributed by atoms with Crippen molar-refractivity contribution in [2.75, 3.05) is 33.0 Å². The third-order valence-corrected chi connectivity index (χ3v) is 8.86. The van der Waals surface area contributed by atoms with Gasteiger partial charge in [-0.25, -0.2) is 9.59 Å². The topological polar surface area (TPSA) is 247 Å². The lowest BCUT2D eigenvalue weighted by molar-refractivity contribution is -0.200. The maximum atomic E-state index is 12.6. The first-order valence-corrected chi connectivity index (χ1v) is 19.4. The number of aliphatic hydroxyl groups excluding tert-OH is 1. The first-order valence-electron chi connectivity index (χ1n) is 19.4. The Kier molecular flexibility index (Phi) is 25.7. The molecular weight excluding hydrogens is 708 g/mol. The zero-order chi connectivity index (χ0) is 40.2. The van der Waals surface area contributed by atoms with Crippen LogP contribution in [0.1, 0.15) is 142 Å². The van der Waals surface area contributed by atoms with Gasteiger partial charge in [0, 0.05) is 38.6 Å². The molecule has 17 heteroatoms. The van der Waals surface area contributed by atoms with Crippen molar-refractivity contribution in [2.45, 2.75) is 160 Å². The van der Waals surface area contributed by atoms with Crippen molar-refractivity contribution in [1.29, 1.82) is 0 Å². The molecular formula is C37H64N4O13. The average molecular weight is 773 g/mol. The lowest BCUT2D eigenvalue weighted by Crippen LogP contribution is -2.58. The number of ether oxygens (including phenoxy) is 2. The molecule has 310 valence electrons. The molecule has 2 atom stereocenters. The Morgan fingerprint density at radius 1 is 0.704 bits per heavy atom. The molecule has 0 aromatic heterocycles. The van der Waals surface area contributed by atoms with Crippen LogP contribution in [0.5, 0.6) is 0 Å². The molecule has 0 saturated carbocycles. The zero-order valence-corrected chi connectivity index (χ0v) is 32.2. The number of nitrogens with one attached hydrogen (secondary N) is 3. The first kappa shape index (κ1) is 48.3. The Morgan fingerprint density at radius 2 is 1.20 bits per heavy atom. The van der Waals surface area contributed by atoms with Crippen LogP contribution in [0.2, 0.25) is 0 Å². The lowest BCUT2D eigenvalue weighted by Gasteiger charge is -2.32. The monoisotopic (exact) mass is 772 g/mol. The smallest absolute Gasteiger partial charge is 0.358 e. The van der Waals surface area contributed by atoms with E-state index in [1.807, 2.05) is 0 Å². The Hall–Kier alpha value is -3.67. The molecule has 0 aliphatic carbocycles. The second kappa shape index (κ2) is 28.7. The van der Waals surface area contributed by atoms with Gasteiger partial charge in [0.25, 0.3) is 11.8 Å². The lowest BCUT2D eigenvalue weighted by atomic mass is 10.0. The largest absolute Gasteiger partial charge is 0.481 e. The molecule has 1 rings (SSSR count). The van der Waals surface area contributed by atoms with Crippen molar-refractivity contribution in [2.24, 2.45) is 0 Å². The predicted molar refractivity (Wildman–Crippen MR) is 195 cm³/mol. The predicted octanol–water partition coefficient (Wildman–Crippen LogP) is 3.11. The number of hydroxylamine groups is 2. The van der Waals surface area contributed by atoms with Crippen LogP contribution in [-0.2, 0) is 47.9 Å². The van der Waals surface area contributed by atoms with Crippen LogP contribution in [0.3, 0.4) is 0 Å². The van der Waals surface area contributed by atoms with Crippen LogP contribution in [-0.4, -0.2) is 113 Å². The van der Waals surface area contributed by atoms with Crippen molar-refractivity contribution in [3.8, 4) is 0 Å². The number of aliphatic carboxylic acids is 2. The summed E-state index contributed by atoms with van der Waals surface area (Å²) in [6, 6.07) is -1.21. The summed E-state index contributed by atoms with van der Waals surface area (Å²) in [6.07, 6.45) is 13.9. The zero-order valence-electron chi connectivity index (χ0n) is 32.2. The molecule has 6 N–H and O–H groups in total. The minimum atomic E-state index is -1.23. The van der Waals surface area contributed by atoms with Gasteiger partial charge in [0.05, 0.1) is 25.4 Å². The number of carboxylic acids is 2. The number of carboxylic acid groups (broad SMARTS) is 2. The van der Waals surface area contributed by atoms with Crippen LogP contribution in [0.15, 0.2) is 0 Å². The van der Waals surface area contributed by atoms with Gasteiger partial charge in [0.1, 0.15) is 18.9 Å². The number of hydrogen-bond acceptors (Lipinski definition) is 12. The molecule has 0 bridgehead atoms. The molecule has 0 radical (unpaired) electrons. The highest BCUT2D eigenvalue weighted by atomic mass is 16.7. The number of hydrogen-bond donors (Lipinski definition) is 6. The van der Waals surface area contributed by atoms with Gasteiger partial charge in [0.15, 0.2) is 0 Å². The number of aliphatic hydroxyl groups is 1. The fourth-order valence-electron chi connectivity index (χ4n) is 5.66. The number of imide groups is 1. The molecule has 0 aromatic carbocycles. The van der Waals surface area contributed by atoms with Gasteiger partial charge >= 0.3 is 17.9 Å². The quantitative estimate of drug-likeness (QED) is 0.0313. The molecule has 1 heterocycles. The molecule has 1 unspecified atom stereocenters. The normalized spacial score (nSPS) is 14.2. The van der Waals surface area contributed by atoms with Crippen LogP contribution in [0.25, 0.3) is 0 Å². The highest BCUT2D eigenvalue weighted by molar-refractivity contribution is 6.01. The van der Waals surface area contributed by atoms with Crippen LogP contribution < -0.4 is 16.0 Å². The number of unbranched alkanes of at least 4 members (excludes halogenated alkanes) is 13. The molecule has 0 aromatic rings. The van der Waals surface area contributed by atoms with Crippen LogP contribution in [0, 0.1) is 0 Å². The fourth-order valence-corrected chi connectivity index (χ4v) is 5.66. The Labute approximate surface area is 318 Å². The molecule has 4 amide bonds. The van der Waals surface area contributed by atoms with Crippen LogP contribution in [0.4, 0.5) is 0 Å². The summed E-state index contributed by atoms with van der Waals surface area (Å²) in [5.41, 5.74) is -1.12. The van der Waals surface area contributed by atoms with Crippen molar-refractivity contribution in [1.82, 2.24) is 21.0 Å². The maximum Gasteiger partial charge on any atom is 0.358 e. The second-order valence-electron chi connectivity index (χ2n) is 14.2. The van der Waals surface area contributed by atoms with E-state index in [0.717, 1.165) is 44.9 Å². The summed E-state index contributed by atoms with van der Waals surface area (Å²) in [6.45, 7) is 3.22. The van der Waals surface area contributed by atoms with Crippen molar-refractivity contribution in [3.05, 3.63) is 0 Å². The van der Waals surface area contributed by atoms with Gasteiger partial charge in [-0.1, -0.05) is 77.0 Å². The van der Waals surface area contributed by atoms with Gasteiger partial charge in [-0.3, -0.25) is 29.3 Å². The van der Waals surface area contributed by atoms with Gasteiger partial charge in [-0.15, -0.1) is 5.06 Å². The standard InChI is InChI=1S/C37H64N4O13/c1-37(2,36(51)38-23-24-52-25-26-53-27-34(48)54-41-31(44)21-22-32(41)45)40-30(43)20-19-28(35(49)50)39-29(42)17-15-13-11-9-7-5-3-4-6-8-10-12-14-16-18-33(46)47/h28,36,38,51H,3-27H2,1-2H3,(H,39,42)(H,40,43)(H,46,47)(H,49,50)/t28-,36?/m0/s1. The van der Waals surface area contributed by atoms with E-state index in [-0.39, 0.29) is 70.8 Å². The fraction of sp³-hybridized carbons (Fsp3) is 0.811. The number of carbonyl (C=O) groups excluding carboxylic acids is 5. The van der Waals surface area contributed by atoms with E-state index in [2.05, 4.69) is 20.8 Å². The van der Waals surface area contributed by atoms with E-state index < -0.39 is 60.0 Å². The highest BCUT2D eigenvalue weighted by Crippen LogP contribution is 2.15. The highest BCUT2D eigenvalue weighted by Gasteiger charge is 2.33. The van der Waals surface area contributed by atoms with E-state index in [9.17, 15) is 43.8 Å². The maximum absolute atomic E-state index is 12.6. The summed E-state index contributed by atoms with van der Waals surface area (Å²) >= 11 is 0. The SMILES string of the molecule is CC(C)(NC(=O)CC[C@H](NC(=O)CCCCCCCCCCCCCCCCC(=O)O)C(=O)O)C(O)NCCOCCOCC(=O)ON1C(=O)CCC1=O. The average Bonchev–Trinajstić information content (AvgIpc) is 3.42. The third-order valence-electron chi connectivity index (χ3n) is 8.86. The van der Waals surface area contributed by atoms with E-state index in [4.69, 9.17) is 14.6 Å². The summed E-state index contributed by atoms with van der Waals surface area (Å²) in [5, 5.41) is 37.2. The molecule has 1 aliphatic rings. The van der Waals surface area contributed by atoms with Crippen LogP contribution >= 0.6 is 0 Å². The van der Waals surface area contributed by atoms with Crippen molar-refractivity contribution >= 4 is 41.5 Å². The summed E-state index contributed by atoms with van der Waals surface area (Å²) in [4.78, 5) is 86.5. The van der Waals surface area contributed by atoms with Gasteiger partial charge in [-0.05, 0) is 33.1 Å². The molecule has 1 saturated heterocycles. The summed E-state index contributed by atoms with van der Waals surface area (Å²) in [5.74, 6) is -4.86. The molecule has 1 fully saturated rings. The van der Waals surface area contributed by atoms with Gasteiger partial charge in [0.2, 0.25) is 11.8 Å². The minimum Gasteiger partial charge on any atom is -0.481 e. The molecule has 1 aliphatic heterocycles. The van der Waals surface area contributed by atoms with E-state index in [1.54, 1.807) is 13.8 Å². The first-order chi connectivity index (χ1) is 25.7. The summed E-state index contributed by atoms with van der Waals surface area (Å²) in [7, 11) is 0. The third kappa shape index (κ3) is 23.9. The van der Waals surface area contributed by atoms with Gasteiger partial charge < -0.3 is 40.3 Å². The second-order valence-corrected chi connectivity index (χ2v) is 14.2. The van der Waals surface area contributed by atoms with Crippen molar-refractivity contribution < 1.29 is 63.2 Å². The van der Waals surface area contributed by atoms with E-state index in [1.165, 1.54) is 38.5 Å². The van der Waals surface area contributed by atoms with E-state index in [0.29, 0.717) is 11.5 Å². The van der Waals surface area contributed by atoms with Gasteiger partial charge in [-0.2, -0.15) is 0 Å². The summed E-state index contributed by atoms with van der Waals surface area (Å²) < 4.78 is 10.5. The Balaban J connectivity index is 2.09. The Morgan fingerprint density at radius 3 is 1.72 bits per heavy atom. The molecule has 54 heavy (non-hydrogen) atoms. The van der Waals surface area contributed by atoms with Crippen molar-refractivity contribution in [3.63, 3.8) is 0 Å². The number of carbonyl (C=O) groups is 7. The number of amides is 4. The van der Waals surface area contributed by atoms with E-state index >= 15 is 0 Å². The minimum absolute atomic E-state index is 0.00517. The number of rotatable bonds is 34.